The molecule has 8 nitrogen and oxygen atoms in total. The molecule has 0 saturated carbocycles. The van der Waals surface area contributed by atoms with Crippen LogP contribution < -0.4 is 4.90 Å². The minimum atomic E-state index is -1.03. The molecule has 0 aliphatic carbocycles. The number of piperazine rings is 1. The van der Waals surface area contributed by atoms with Gasteiger partial charge in [-0.05, 0) is 50.2 Å². The molecule has 1 fully saturated rings. The molecule has 5 rings (SSSR count). The van der Waals surface area contributed by atoms with Crippen molar-refractivity contribution in [1.29, 1.82) is 0 Å². The zero-order valence-electron chi connectivity index (χ0n) is 20.0. The number of fused-ring (bicyclic) bond motifs is 1. The molecule has 1 aliphatic rings. The van der Waals surface area contributed by atoms with Gasteiger partial charge in [-0.25, -0.2) is 15.0 Å². The van der Waals surface area contributed by atoms with Crippen molar-refractivity contribution in [3.05, 3.63) is 64.9 Å². The third-order valence-corrected chi connectivity index (χ3v) is 6.72. The molecule has 0 spiro atoms. The summed E-state index contributed by atoms with van der Waals surface area (Å²) < 4.78 is 1.96. The van der Waals surface area contributed by atoms with E-state index in [4.69, 9.17) is 28.2 Å². The molecule has 0 unspecified atom stereocenters. The Balaban J connectivity index is 1.54. The van der Waals surface area contributed by atoms with E-state index >= 15 is 0 Å². The number of aromatic nitrogens is 4. The highest BCUT2D eigenvalue weighted by atomic mass is 35.5. The van der Waals surface area contributed by atoms with Gasteiger partial charge < -0.3 is 14.9 Å². The smallest absolute Gasteiger partial charge is 0.225 e. The van der Waals surface area contributed by atoms with E-state index in [1.54, 1.807) is 18.7 Å². The van der Waals surface area contributed by atoms with E-state index in [0.717, 1.165) is 11.3 Å². The first-order valence-electron chi connectivity index (χ1n) is 11.7. The van der Waals surface area contributed by atoms with Gasteiger partial charge in [0, 0.05) is 42.5 Å². The second kappa shape index (κ2) is 9.69. The number of aliphatic hydroxyl groups is 1. The quantitative estimate of drug-likeness (QED) is 0.410. The van der Waals surface area contributed by atoms with E-state index in [0.29, 0.717) is 59.0 Å². The summed E-state index contributed by atoms with van der Waals surface area (Å²) in [5.41, 5.74) is 1.90. The summed E-state index contributed by atoms with van der Waals surface area (Å²) in [4.78, 5) is 30.6. The molecule has 2 aromatic heterocycles. The van der Waals surface area contributed by atoms with Crippen molar-refractivity contribution >= 4 is 46.1 Å². The van der Waals surface area contributed by atoms with Gasteiger partial charge >= 0.3 is 0 Å². The van der Waals surface area contributed by atoms with Crippen LogP contribution in [0.15, 0.2) is 54.9 Å². The number of rotatable bonds is 5. The van der Waals surface area contributed by atoms with Gasteiger partial charge in [0.05, 0.1) is 17.0 Å². The lowest BCUT2D eigenvalue weighted by molar-refractivity contribution is -0.135. The normalized spacial score (nSPS) is 14.5. The predicted octanol–water partition coefficient (Wildman–Crippen LogP) is 4.60. The number of carbonyl (C=O) groups is 1. The third-order valence-electron chi connectivity index (χ3n) is 6.14. The summed E-state index contributed by atoms with van der Waals surface area (Å²) >= 11 is 12.7. The Morgan fingerprint density at radius 3 is 2.36 bits per heavy atom. The van der Waals surface area contributed by atoms with Crippen LogP contribution in [0.5, 0.6) is 0 Å². The molecule has 1 N–H and O–H groups in total. The molecule has 1 amide bonds. The zero-order valence-corrected chi connectivity index (χ0v) is 21.5. The van der Waals surface area contributed by atoms with Crippen molar-refractivity contribution in [3.63, 3.8) is 0 Å². The van der Waals surface area contributed by atoms with Crippen LogP contribution in [0.1, 0.15) is 20.3 Å². The van der Waals surface area contributed by atoms with Gasteiger partial charge in [-0.2, -0.15) is 0 Å². The fourth-order valence-electron chi connectivity index (χ4n) is 4.42. The first-order chi connectivity index (χ1) is 17.2. The van der Waals surface area contributed by atoms with E-state index in [1.165, 1.54) is 6.33 Å². The fourth-order valence-corrected chi connectivity index (χ4v) is 4.77. The molecule has 36 heavy (non-hydrogen) atoms. The van der Waals surface area contributed by atoms with Gasteiger partial charge in [0.25, 0.3) is 0 Å². The Kier molecular flexibility index (Phi) is 6.59. The molecule has 0 atom stereocenters. The fraction of sp³-hybridized carbons (Fsp3) is 0.308. The monoisotopic (exact) mass is 524 g/mol. The number of hydrogen-bond donors (Lipinski definition) is 1. The summed E-state index contributed by atoms with van der Waals surface area (Å²) in [6.07, 6.45) is 1.63. The predicted molar refractivity (Wildman–Crippen MR) is 142 cm³/mol. The van der Waals surface area contributed by atoms with Crippen LogP contribution in [0.2, 0.25) is 10.0 Å². The second-order valence-corrected chi connectivity index (χ2v) is 10.3. The van der Waals surface area contributed by atoms with Gasteiger partial charge in [0.1, 0.15) is 12.2 Å². The number of halogens is 2. The molecule has 186 valence electrons. The number of hydrogen-bond acceptors (Lipinski definition) is 6. The summed E-state index contributed by atoms with van der Waals surface area (Å²) in [5.74, 6) is 1.30. The molecule has 2 aromatic carbocycles. The van der Waals surface area contributed by atoms with Crippen LogP contribution in [-0.4, -0.2) is 67.2 Å². The summed E-state index contributed by atoms with van der Waals surface area (Å²) in [6, 6.07) is 15.0. The molecule has 1 saturated heterocycles. The zero-order chi connectivity index (χ0) is 25.4. The molecule has 3 heterocycles. The van der Waals surface area contributed by atoms with E-state index in [1.807, 2.05) is 53.1 Å². The van der Waals surface area contributed by atoms with E-state index in [-0.39, 0.29) is 12.3 Å². The molecule has 0 radical (unpaired) electrons. The van der Waals surface area contributed by atoms with Crippen molar-refractivity contribution < 1.29 is 9.90 Å². The van der Waals surface area contributed by atoms with Crippen LogP contribution >= 0.6 is 23.2 Å². The van der Waals surface area contributed by atoms with Crippen molar-refractivity contribution in [2.24, 2.45) is 0 Å². The van der Waals surface area contributed by atoms with Gasteiger partial charge in [-0.15, -0.1) is 0 Å². The number of benzene rings is 2. The van der Waals surface area contributed by atoms with Crippen LogP contribution in [0.4, 0.5) is 5.82 Å². The molecular formula is C26H26Cl2N6O2. The SMILES string of the molecule is CC(C)(O)CC(=O)N1CCN(c2ncnc3c2nc(-c2ccccc2Cl)n3-c2ccc(Cl)cc2)CC1. The van der Waals surface area contributed by atoms with E-state index in [2.05, 4.69) is 14.9 Å². The molecule has 0 bridgehead atoms. The highest BCUT2D eigenvalue weighted by Gasteiger charge is 2.28. The average molecular weight is 525 g/mol. The third kappa shape index (κ3) is 4.89. The lowest BCUT2D eigenvalue weighted by Crippen LogP contribution is -2.50. The van der Waals surface area contributed by atoms with Crippen LogP contribution in [-0.2, 0) is 4.79 Å². The standard InChI is InChI=1S/C26H26Cl2N6O2/c1-26(2,36)15-21(35)32-11-13-33(14-12-32)24-22-25(30-16-29-24)34(18-9-7-17(27)8-10-18)23(31-22)19-5-3-4-6-20(19)28/h3-10,16,36H,11-15H2,1-2H3. The Labute approximate surface area is 219 Å². The molecule has 4 aromatic rings. The van der Waals surface area contributed by atoms with Gasteiger partial charge in [-0.3, -0.25) is 9.36 Å². The average Bonchev–Trinajstić information content (AvgIpc) is 3.23. The Bertz CT molecular complexity index is 1410. The summed E-state index contributed by atoms with van der Waals surface area (Å²) in [7, 11) is 0. The van der Waals surface area contributed by atoms with Crippen molar-refractivity contribution in [2.75, 3.05) is 31.1 Å². The van der Waals surface area contributed by atoms with Crippen molar-refractivity contribution in [2.45, 2.75) is 25.9 Å². The molecule has 1 aliphatic heterocycles. The Morgan fingerprint density at radius 2 is 1.69 bits per heavy atom. The van der Waals surface area contributed by atoms with Crippen LogP contribution in [0.3, 0.4) is 0 Å². The highest BCUT2D eigenvalue weighted by molar-refractivity contribution is 6.33. The number of amides is 1. The van der Waals surface area contributed by atoms with Crippen molar-refractivity contribution in [1.82, 2.24) is 24.4 Å². The van der Waals surface area contributed by atoms with Crippen LogP contribution in [0, 0.1) is 0 Å². The minimum absolute atomic E-state index is 0.0528. The first kappa shape index (κ1) is 24.5. The highest BCUT2D eigenvalue weighted by Crippen LogP contribution is 2.35. The Morgan fingerprint density at radius 1 is 1.00 bits per heavy atom. The number of nitrogens with zero attached hydrogens (tertiary/aromatic N) is 6. The van der Waals surface area contributed by atoms with E-state index in [9.17, 15) is 9.90 Å². The van der Waals surface area contributed by atoms with Gasteiger partial charge in [0.2, 0.25) is 5.91 Å². The number of anilines is 1. The number of carbonyl (C=O) groups excluding carboxylic acids is 1. The van der Waals surface area contributed by atoms with Gasteiger partial charge in [-0.1, -0.05) is 35.3 Å². The van der Waals surface area contributed by atoms with E-state index < -0.39 is 5.60 Å². The largest absolute Gasteiger partial charge is 0.390 e. The molecular weight excluding hydrogens is 499 g/mol. The minimum Gasteiger partial charge on any atom is -0.390 e. The maximum Gasteiger partial charge on any atom is 0.225 e. The Hall–Kier alpha value is -3.20. The lowest BCUT2D eigenvalue weighted by Gasteiger charge is -2.36. The second-order valence-electron chi connectivity index (χ2n) is 9.45. The summed E-state index contributed by atoms with van der Waals surface area (Å²) in [5, 5.41) is 11.2. The first-order valence-corrected chi connectivity index (χ1v) is 12.5. The van der Waals surface area contributed by atoms with Crippen molar-refractivity contribution in [3.8, 4) is 17.1 Å². The van der Waals surface area contributed by atoms with Crippen LogP contribution in [0.25, 0.3) is 28.2 Å². The molecule has 10 heteroatoms. The maximum atomic E-state index is 12.6. The maximum absolute atomic E-state index is 12.6. The topological polar surface area (TPSA) is 87.4 Å². The number of imidazole rings is 1. The summed E-state index contributed by atoms with van der Waals surface area (Å²) in [6.45, 7) is 5.56. The lowest BCUT2D eigenvalue weighted by atomic mass is 10.0. The van der Waals surface area contributed by atoms with Gasteiger partial charge in [0.15, 0.2) is 17.0 Å².